The molecule has 17 heavy (non-hydrogen) atoms. The van der Waals surface area contributed by atoms with Gasteiger partial charge in [-0.1, -0.05) is 6.58 Å². The number of carbonyl (C=O) groups excluding carboxylic acids is 1. The smallest absolute Gasteiger partial charge is 0.330 e. The van der Waals surface area contributed by atoms with Gasteiger partial charge in [0.1, 0.15) is 6.54 Å². The third-order valence-corrected chi connectivity index (χ3v) is 1.48. The Labute approximate surface area is 110 Å². The minimum absolute atomic E-state index is 0. The zero-order chi connectivity index (χ0) is 13.0. The molecule has 0 aliphatic carbocycles. The molecule has 5 nitrogen and oxygen atoms in total. The minimum atomic E-state index is -0.441. The molecule has 0 fully saturated rings. The molecule has 0 bridgehead atoms. The number of nitrogens with zero attached hydrogens (tertiary/aromatic N) is 1. The summed E-state index contributed by atoms with van der Waals surface area (Å²) in [5.41, 5.74) is 0. The number of aliphatic hydroxyl groups excluding tert-OH is 2. The van der Waals surface area contributed by atoms with Crippen LogP contribution >= 0.6 is 0 Å². The summed E-state index contributed by atoms with van der Waals surface area (Å²) >= 11 is 0. The quantitative estimate of drug-likeness (QED) is 0.231. The van der Waals surface area contributed by atoms with Crippen molar-refractivity contribution in [1.29, 1.82) is 0 Å². The lowest BCUT2D eigenvalue weighted by Crippen LogP contribution is -3.00. The molecular weight excluding hydrogens is 246 g/mol. The Bertz CT molecular complexity index is 192. The zero-order valence-electron chi connectivity index (χ0n) is 10.9. The van der Waals surface area contributed by atoms with Gasteiger partial charge in [0.05, 0.1) is 34.4 Å². The van der Waals surface area contributed by atoms with Crippen molar-refractivity contribution in [2.24, 2.45) is 0 Å². The van der Waals surface area contributed by atoms with E-state index in [1.165, 1.54) is 0 Å². The highest BCUT2D eigenvalue weighted by Crippen LogP contribution is 1.84. The lowest BCUT2D eigenvalue weighted by molar-refractivity contribution is -0.870. The Balaban J connectivity index is -0.000000224. The molecule has 0 unspecified atom stereocenters. The number of hydrogen-bond acceptors (Lipinski definition) is 4. The van der Waals surface area contributed by atoms with Crippen molar-refractivity contribution in [3.8, 4) is 0 Å². The standard InChI is InChI=1S/C6H10O3.C5H14NO.ClH/c1-2-6(8)9-5-3-4-7;1-6(2,3)4-5-7;/h2,7H,1,3-5H2;7H,4-5H2,1-3H3;1H/q;+1;/p-1. The van der Waals surface area contributed by atoms with Gasteiger partial charge < -0.3 is 31.8 Å². The molecule has 6 heteroatoms. The number of ether oxygens (including phenoxy) is 1. The van der Waals surface area contributed by atoms with Crippen LogP contribution in [-0.2, 0) is 9.53 Å². The van der Waals surface area contributed by atoms with Gasteiger partial charge in [0.2, 0.25) is 0 Å². The van der Waals surface area contributed by atoms with E-state index in [9.17, 15) is 4.79 Å². The summed E-state index contributed by atoms with van der Waals surface area (Å²) in [5, 5.41) is 16.6. The Morgan fingerprint density at radius 2 is 1.82 bits per heavy atom. The average Bonchev–Trinajstić information content (AvgIpc) is 2.17. The Hall–Kier alpha value is -0.620. The van der Waals surface area contributed by atoms with E-state index in [0.717, 1.165) is 17.1 Å². The van der Waals surface area contributed by atoms with E-state index in [-0.39, 0.29) is 32.2 Å². The van der Waals surface area contributed by atoms with Gasteiger partial charge in [-0.25, -0.2) is 4.79 Å². The highest BCUT2D eigenvalue weighted by Gasteiger charge is 2.02. The van der Waals surface area contributed by atoms with Gasteiger partial charge in [0, 0.05) is 19.1 Å². The van der Waals surface area contributed by atoms with E-state index >= 15 is 0 Å². The van der Waals surface area contributed by atoms with E-state index < -0.39 is 5.97 Å². The second-order valence-electron chi connectivity index (χ2n) is 4.19. The van der Waals surface area contributed by atoms with Crippen LogP contribution in [0.1, 0.15) is 6.42 Å². The monoisotopic (exact) mass is 269 g/mol. The number of esters is 1. The van der Waals surface area contributed by atoms with Gasteiger partial charge in [-0.3, -0.25) is 0 Å². The van der Waals surface area contributed by atoms with Crippen LogP contribution in [0.4, 0.5) is 0 Å². The van der Waals surface area contributed by atoms with Crippen LogP contribution < -0.4 is 12.4 Å². The molecule has 0 rings (SSSR count). The molecule has 0 aromatic carbocycles. The molecule has 104 valence electrons. The summed E-state index contributed by atoms with van der Waals surface area (Å²) in [6.45, 7) is 4.63. The molecule has 0 aromatic rings. The van der Waals surface area contributed by atoms with Gasteiger partial charge in [0.25, 0.3) is 0 Å². The predicted octanol–water partition coefficient (Wildman–Crippen LogP) is -3.21. The second kappa shape index (κ2) is 13.4. The fourth-order valence-electron chi connectivity index (χ4n) is 0.596. The molecule has 0 heterocycles. The minimum Gasteiger partial charge on any atom is -1.00 e. The van der Waals surface area contributed by atoms with Crippen LogP contribution in [0, 0.1) is 0 Å². The molecule has 0 atom stereocenters. The zero-order valence-corrected chi connectivity index (χ0v) is 11.6. The van der Waals surface area contributed by atoms with Gasteiger partial charge in [0.15, 0.2) is 0 Å². The molecule has 0 amide bonds. The van der Waals surface area contributed by atoms with Crippen molar-refractivity contribution in [2.75, 3.05) is 47.5 Å². The summed E-state index contributed by atoms with van der Waals surface area (Å²) in [6.07, 6.45) is 1.58. The van der Waals surface area contributed by atoms with Crippen molar-refractivity contribution < 1.29 is 36.6 Å². The molecule has 0 saturated carbocycles. The van der Waals surface area contributed by atoms with E-state index in [1.54, 1.807) is 0 Å². The van der Waals surface area contributed by atoms with Crippen molar-refractivity contribution >= 4 is 5.97 Å². The van der Waals surface area contributed by atoms with E-state index in [1.807, 2.05) is 0 Å². The van der Waals surface area contributed by atoms with E-state index in [2.05, 4.69) is 32.5 Å². The van der Waals surface area contributed by atoms with Crippen molar-refractivity contribution in [2.45, 2.75) is 6.42 Å². The Kier molecular flexibility index (Phi) is 17.1. The largest absolute Gasteiger partial charge is 1.00 e. The third-order valence-electron chi connectivity index (χ3n) is 1.48. The van der Waals surface area contributed by atoms with E-state index in [4.69, 9.17) is 10.2 Å². The van der Waals surface area contributed by atoms with Crippen LogP contribution in [0.5, 0.6) is 0 Å². The number of likely N-dealkylation sites (N-methyl/N-ethyl adjacent to an activating group) is 1. The number of carbonyl (C=O) groups is 1. The normalized spacial score (nSPS) is 9.47. The fourth-order valence-corrected chi connectivity index (χ4v) is 0.596. The Morgan fingerprint density at radius 3 is 2.06 bits per heavy atom. The maximum Gasteiger partial charge on any atom is 0.330 e. The first kappa shape index (κ1) is 21.6. The van der Waals surface area contributed by atoms with Gasteiger partial charge in [-0.2, -0.15) is 0 Å². The first-order valence-corrected chi connectivity index (χ1v) is 5.18. The number of rotatable bonds is 6. The maximum absolute atomic E-state index is 10.3. The number of quaternary nitrogens is 1. The lowest BCUT2D eigenvalue weighted by Gasteiger charge is -2.21. The number of hydrogen-bond donors (Lipinski definition) is 2. The van der Waals surface area contributed by atoms with Crippen LogP contribution in [0.25, 0.3) is 0 Å². The SMILES string of the molecule is C=CC(=O)OCCCO.C[N+](C)(C)CCO.[Cl-]. The maximum atomic E-state index is 10.3. The van der Waals surface area contributed by atoms with Gasteiger partial charge in [-0.15, -0.1) is 0 Å². The van der Waals surface area contributed by atoms with Crippen molar-refractivity contribution in [3.63, 3.8) is 0 Å². The molecule has 2 N–H and O–H groups in total. The second-order valence-corrected chi connectivity index (χ2v) is 4.19. The summed E-state index contributed by atoms with van der Waals surface area (Å²) in [7, 11) is 6.16. The van der Waals surface area contributed by atoms with Gasteiger partial charge in [-0.05, 0) is 0 Å². The highest BCUT2D eigenvalue weighted by molar-refractivity contribution is 5.81. The number of halogens is 1. The van der Waals surface area contributed by atoms with Gasteiger partial charge >= 0.3 is 5.97 Å². The highest BCUT2D eigenvalue weighted by atomic mass is 35.5. The molecule has 0 aliphatic rings. The topological polar surface area (TPSA) is 66.8 Å². The fraction of sp³-hybridized carbons (Fsp3) is 0.727. The van der Waals surface area contributed by atoms with Crippen molar-refractivity contribution in [1.82, 2.24) is 0 Å². The Morgan fingerprint density at radius 1 is 1.29 bits per heavy atom. The first-order valence-electron chi connectivity index (χ1n) is 5.18. The van der Waals surface area contributed by atoms with Crippen LogP contribution in [0.2, 0.25) is 0 Å². The first-order chi connectivity index (χ1) is 7.37. The van der Waals surface area contributed by atoms with Crippen molar-refractivity contribution in [3.05, 3.63) is 12.7 Å². The molecule has 0 spiro atoms. The summed E-state index contributed by atoms with van der Waals surface area (Å²) < 4.78 is 5.36. The van der Waals surface area contributed by atoms with Crippen LogP contribution in [0.3, 0.4) is 0 Å². The third kappa shape index (κ3) is 25.6. The van der Waals surface area contributed by atoms with Crippen LogP contribution in [-0.4, -0.2) is 68.2 Å². The van der Waals surface area contributed by atoms with Crippen LogP contribution in [0.15, 0.2) is 12.7 Å². The van der Waals surface area contributed by atoms with E-state index in [0.29, 0.717) is 6.42 Å². The molecular formula is C11H24ClNO4. The summed E-state index contributed by atoms with van der Waals surface area (Å²) in [5.74, 6) is -0.441. The number of aliphatic hydroxyl groups is 2. The molecule has 0 saturated heterocycles. The molecule has 0 radical (unpaired) electrons. The molecule has 0 aromatic heterocycles. The molecule has 0 aliphatic heterocycles. The lowest BCUT2D eigenvalue weighted by atomic mass is 10.5. The average molecular weight is 270 g/mol. The summed E-state index contributed by atoms with van der Waals surface area (Å²) in [6, 6.07) is 0. The summed E-state index contributed by atoms with van der Waals surface area (Å²) in [4.78, 5) is 10.3. The predicted molar refractivity (Wildman–Crippen MR) is 62.8 cm³/mol.